The SMILES string of the molecule is Cl.Cl.NNC1CCNC(=O)C1. The molecule has 0 spiro atoms. The summed E-state index contributed by atoms with van der Waals surface area (Å²) in [6.45, 7) is 0.744. The molecule has 1 aliphatic heterocycles. The molecule has 0 aromatic heterocycles. The Morgan fingerprint density at radius 3 is 2.55 bits per heavy atom. The molecule has 68 valence electrons. The number of nitrogens with two attached hydrogens (primary N) is 1. The third kappa shape index (κ3) is 4.42. The van der Waals surface area contributed by atoms with Gasteiger partial charge in [-0.05, 0) is 6.42 Å². The Balaban J connectivity index is 0. The summed E-state index contributed by atoms with van der Waals surface area (Å²) in [7, 11) is 0. The van der Waals surface area contributed by atoms with E-state index in [-0.39, 0.29) is 36.8 Å². The monoisotopic (exact) mass is 201 g/mol. The van der Waals surface area contributed by atoms with Crippen LogP contribution in [0.4, 0.5) is 0 Å². The van der Waals surface area contributed by atoms with Crippen molar-refractivity contribution in [1.29, 1.82) is 0 Å². The fourth-order valence-electron chi connectivity index (χ4n) is 0.926. The molecule has 0 aromatic rings. The zero-order chi connectivity index (χ0) is 6.69. The summed E-state index contributed by atoms with van der Waals surface area (Å²) in [5.74, 6) is 5.22. The van der Waals surface area contributed by atoms with Crippen LogP contribution in [0.1, 0.15) is 12.8 Å². The average molecular weight is 202 g/mol. The van der Waals surface area contributed by atoms with Gasteiger partial charge < -0.3 is 5.32 Å². The van der Waals surface area contributed by atoms with Crippen LogP contribution in [0.3, 0.4) is 0 Å². The molecule has 4 N–H and O–H groups in total. The first-order valence-corrected chi connectivity index (χ1v) is 3.06. The van der Waals surface area contributed by atoms with E-state index in [1.807, 2.05) is 0 Å². The van der Waals surface area contributed by atoms with Gasteiger partial charge in [0.25, 0.3) is 0 Å². The predicted octanol–water partition coefficient (Wildman–Crippen LogP) is -0.428. The highest BCUT2D eigenvalue weighted by atomic mass is 35.5. The van der Waals surface area contributed by atoms with E-state index in [9.17, 15) is 4.79 Å². The lowest BCUT2D eigenvalue weighted by Crippen LogP contribution is -2.45. The molecule has 6 heteroatoms. The second kappa shape index (κ2) is 6.67. The molecular weight excluding hydrogens is 189 g/mol. The van der Waals surface area contributed by atoms with Gasteiger partial charge in [-0.2, -0.15) is 0 Å². The summed E-state index contributed by atoms with van der Waals surface area (Å²) >= 11 is 0. The van der Waals surface area contributed by atoms with E-state index < -0.39 is 0 Å². The van der Waals surface area contributed by atoms with E-state index in [0.29, 0.717) is 6.42 Å². The minimum absolute atomic E-state index is 0. The van der Waals surface area contributed by atoms with Crippen LogP contribution >= 0.6 is 24.8 Å². The zero-order valence-electron chi connectivity index (χ0n) is 6.00. The van der Waals surface area contributed by atoms with Crippen molar-refractivity contribution in [3.05, 3.63) is 0 Å². The van der Waals surface area contributed by atoms with Crippen molar-refractivity contribution >= 4 is 30.7 Å². The summed E-state index contributed by atoms with van der Waals surface area (Å²) in [5.41, 5.74) is 2.57. The first kappa shape index (κ1) is 13.6. The van der Waals surface area contributed by atoms with Crippen molar-refractivity contribution in [2.45, 2.75) is 18.9 Å². The summed E-state index contributed by atoms with van der Waals surface area (Å²) in [5, 5.41) is 2.71. The van der Waals surface area contributed by atoms with Gasteiger partial charge in [0.15, 0.2) is 0 Å². The van der Waals surface area contributed by atoms with Crippen molar-refractivity contribution in [2.75, 3.05) is 6.54 Å². The van der Waals surface area contributed by atoms with Gasteiger partial charge in [0.2, 0.25) is 5.91 Å². The number of carbonyl (C=O) groups is 1. The van der Waals surface area contributed by atoms with Crippen LogP contribution in [0.15, 0.2) is 0 Å². The van der Waals surface area contributed by atoms with Crippen LogP contribution in [0.5, 0.6) is 0 Å². The number of amides is 1. The van der Waals surface area contributed by atoms with Gasteiger partial charge >= 0.3 is 0 Å². The first-order chi connectivity index (χ1) is 4.33. The second-order valence-corrected chi connectivity index (χ2v) is 2.21. The Hall–Kier alpha value is -0.0300. The molecule has 1 aliphatic rings. The second-order valence-electron chi connectivity index (χ2n) is 2.21. The molecule has 1 atom stereocenters. The van der Waals surface area contributed by atoms with Crippen molar-refractivity contribution < 1.29 is 4.79 Å². The van der Waals surface area contributed by atoms with Crippen LogP contribution in [0.2, 0.25) is 0 Å². The molecule has 0 aromatic carbocycles. The minimum Gasteiger partial charge on any atom is -0.356 e. The fourth-order valence-corrected chi connectivity index (χ4v) is 0.926. The molecule has 1 heterocycles. The highest BCUT2D eigenvalue weighted by molar-refractivity contribution is 5.85. The maximum atomic E-state index is 10.6. The normalized spacial score (nSPS) is 22.6. The Labute approximate surface area is 78.1 Å². The quantitative estimate of drug-likeness (QED) is 0.399. The lowest BCUT2D eigenvalue weighted by molar-refractivity contribution is -0.122. The van der Waals surface area contributed by atoms with Gasteiger partial charge in [-0.15, -0.1) is 24.8 Å². The predicted molar refractivity (Wildman–Crippen MR) is 47.9 cm³/mol. The van der Waals surface area contributed by atoms with Gasteiger partial charge in [0, 0.05) is 19.0 Å². The number of nitrogens with one attached hydrogen (secondary N) is 2. The molecule has 4 nitrogen and oxygen atoms in total. The van der Waals surface area contributed by atoms with Crippen LogP contribution in [-0.2, 0) is 4.79 Å². The number of hydrogen-bond acceptors (Lipinski definition) is 3. The molecule has 0 bridgehead atoms. The van der Waals surface area contributed by atoms with Crippen molar-refractivity contribution in [3.8, 4) is 0 Å². The van der Waals surface area contributed by atoms with Crippen molar-refractivity contribution in [2.24, 2.45) is 5.84 Å². The van der Waals surface area contributed by atoms with Crippen LogP contribution in [0, 0.1) is 0 Å². The third-order valence-corrected chi connectivity index (χ3v) is 1.48. The molecule has 1 rings (SSSR count). The summed E-state index contributed by atoms with van der Waals surface area (Å²) in [6, 6.07) is 0.179. The largest absolute Gasteiger partial charge is 0.356 e. The third-order valence-electron chi connectivity index (χ3n) is 1.48. The molecule has 0 saturated carbocycles. The van der Waals surface area contributed by atoms with Crippen LogP contribution in [0.25, 0.3) is 0 Å². The first-order valence-electron chi connectivity index (χ1n) is 3.06. The summed E-state index contributed by atoms with van der Waals surface area (Å²) < 4.78 is 0. The van der Waals surface area contributed by atoms with E-state index >= 15 is 0 Å². The highest BCUT2D eigenvalue weighted by Crippen LogP contribution is 2.00. The Morgan fingerprint density at radius 1 is 1.55 bits per heavy atom. The zero-order valence-corrected chi connectivity index (χ0v) is 7.63. The Kier molecular flexibility index (Phi) is 8.21. The summed E-state index contributed by atoms with van der Waals surface area (Å²) in [4.78, 5) is 10.6. The smallest absolute Gasteiger partial charge is 0.221 e. The number of hydrogen-bond donors (Lipinski definition) is 3. The van der Waals surface area contributed by atoms with Gasteiger partial charge in [0.1, 0.15) is 0 Å². The maximum Gasteiger partial charge on any atom is 0.221 e. The fraction of sp³-hybridized carbons (Fsp3) is 0.800. The number of halogens is 2. The number of carbonyl (C=O) groups excluding carboxylic acids is 1. The topological polar surface area (TPSA) is 67.2 Å². The van der Waals surface area contributed by atoms with Gasteiger partial charge in [-0.3, -0.25) is 16.1 Å². The molecular formula is C5H13Cl2N3O. The van der Waals surface area contributed by atoms with E-state index in [0.717, 1.165) is 13.0 Å². The Morgan fingerprint density at radius 2 is 2.18 bits per heavy atom. The lowest BCUT2D eigenvalue weighted by atomic mass is 10.1. The number of piperidine rings is 1. The Bertz CT molecular complexity index is 122. The molecule has 0 aliphatic carbocycles. The lowest BCUT2D eigenvalue weighted by Gasteiger charge is -2.20. The molecule has 1 fully saturated rings. The van der Waals surface area contributed by atoms with Crippen LogP contribution < -0.4 is 16.6 Å². The van der Waals surface area contributed by atoms with E-state index in [2.05, 4.69) is 10.7 Å². The maximum absolute atomic E-state index is 10.6. The number of hydrazine groups is 1. The minimum atomic E-state index is 0. The molecule has 1 unspecified atom stereocenters. The van der Waals surface area contributed by atoms with Crippen LogP contribution in [-0.4, -0.2) is 18.5 Å². The van der Waals surface area contributed by atoms with Gasteiger partial charge in [-0.25, -0.2) is 0 Å². The summed E-state index contributed by atoms with van der Waals surface area (Å²) in [6.07, 6.45) is 1.44. The standard InChI is InChI=1S/C5H11N3O.2ClH/c6-8-4-1-2-7-5(9)3-4;;/h4,8H,1-3,6H2,(H,7,9);2*1H. The van der Waals surface area contributed by atoms with E-state index in [1.165, 1.54) is 0 Å². The molecule has 11 heavy (non-hydrogen) atoms. The average Bonchev–Trinajstić information content (AvgIpc) is 1.88. The van der Waals surface area contributed by atoms with Crippen molar-refractivity contribution in [1.82, 2.24) is 10.7 Å². The van der Waals surface area contributed by atoms with Gasteiger partial charge in [0.05, 0.1) is 0 Å². The molecule has 0 radical (unpaired) electrons. The van der Waals surface area contributed by atoms with E-state index in [1.54, 1.807) is 0 Å². The highest BCUT2D eigenvalue weighted by Gasteiger charge is 2.16. The molecule has 1 saturated heterocycles. The number of rotatable bonds is 1. The molecule has 1 amide bonds. The van der Waals surface area contributed by atoms with E-state index in [4.69, 9.17) is 5.84 Å². The van der Waals surface area contributed by atoms with Crippen molar-refractivity contribution in [3.63, 3.8) is 0 Å². The van der Waals surface area contributed by atoms with Gasteiger partial charge in [-0.1, -0.05) is 0 Å².